The van der Waals surface area contributed by atoms with Gasteiger partial charge < -0.3 is 4.74 Å². The number of rotatable bonds is 8. The van der Waals surface area contributed by atoms with Crippen LogP contribution in [0.1, 0.15) is 46.6 Å². The van der Waals surface area contributed by atoms with E-state index in [-0.39, 0.29) is 5.54 Å². The van der Waals surface area contributed by atoms with E-state index in [1.807, 2.05) is 50.8 Å². The summed E-state index contributed by atoms with van der Waals surface area (Å²) in [6.07, 6.45) is 14.2. The Morgan fingerprint density at radius 1 is 0.848 bits per heavy atom. The maximum absolute atomic E-state index is 5.46. The lowest BCUT2D eigenvalue weighted by atomic mass is 9.73. The van der Waals surface area contributed by atoms with Crippen LogP contribution in [-0.4, -0.2) is 41.4 Å². The van der Waals surface area contributed by atoms with Crippen molar-refractivity contribution in [1.29, 1.82) is 0 Å². The van der Waals surface area contributed by atoms with Gasteiger partial charge in [0, 0.05) is 24.2 Å². The van der Waals surface area contributed by atoms with E-state index in [0.717, 1.165) is 29.0 Å². The first-order valence-corrected chi connectivity index (χ1v) is 11.1. The molecule has 0 aliphatic carbocycles. The lowest BCUT2D eigenvalue weighted by Crippen LogP contribution is -2.55. The van der Waals surface area contributed by atoms with Crippen LogP contribution in [0.2, 0.25) is 0 Å². The standard InChI is InChI=1S/C25H33N7O/c1-19-12-27-30(15-19)23(2,3)18-25(6,32-17-21(33-7)14-29-32)24(4,5)31-16-20(13-28-31)22-10-8-9-11-26-22/h8-17H,18H2,1-7H3. The number of methoxy groups -OCH3 is 1. The highest BCUT2D eigenvalue weighted by Crippen LogP contribution is 2.44. The van der Waals surface area contributed by atoms with Crippen molar-refractivity contribution < 1.29 is 4.74 Å². The smallest absolute Gasteiger partial charge is 0.156 e. The van der Waals surface area contributed by atoms with Gasteiger partial charge in [0.15, 0.2) is 5.75 Å². The van der Waals surface area contributed by atoms with Gasteiger partial charge in [-0.3, -0.25) is 19.0 Å². The van der Waals surface area contributed by atoms with Crippen LogP contribution < -0.4 is 4.74 Å². The maximum Gasteiger partial charge on any atom is 0.156 e. The highest BCUT2D eigenvalue weighted by molar-refractivity contribution is 5.56. The Morgan fingerprint density at radius 3 is 2.18 bits per heavy atom. The van der Waals surface area contributed by atoms with Crippen LogP contribution in [0.5, 0.6) is 5.75 Å². The summed E-state index contributed by atoms with van der Waals surface area (Å²) in [5.41, 5.74) is 1.78. The summed E-state index contributed by atoms with van der Waals surface area (Å²) >= 11 is 0. The number of ether oxygens (including phenoxy) is 1. The molecule has 0 radical (unpaired) electrons. The minimum absolute atomic E-state index is 0.281. The Bertz CT molecular complexity index is 1220. The molecule has 8 heteroatoms. The lowest BCUT2D eigenvalue weighted by Gasteiger charge is -2.48. The number of aryl methyl sites for hydroxylation is 1. The highest BCUT2D eigenvalue weighted by Gasteiger charge is 2.49. The van der Waals surface area contributed by atoms with Crippen molar-refractivity contribution in [2.75, 3.05) is 7.11 Å². The van der Waals surface area contributed by atoms with Crippen molar-refractivity contribution in [1.82, 2.24) is 34.3 Å². The SMILES string of the molecule is COc1cnn(C(C)(CC(C)(C)n2cc(C)cn2)C(C)(C)n2cc(-c3ccccn3)cn2)c1. The molecule has 0 bridgehead atoms. The molecule has 4 aromatic rings. The van der Waals surface area contributed by atoms with Gasteiger partial charge in [-0.1, -0.05) is 6.07 Å². The normalized spacial score (nSPS) is 14.3. The van der Waals surface area contributed by atoms with Gasteiger partial charge in [0.2, 0.25) is 0 Å². The molecule has 4 aromatic heterocycles. The fourth-order valence-electron chi connectivity index (χ4n) is 4.47. The van der Waals surface area contributed by atoms with Crippen LogP contribution >= 0.6 is 0 Å². The minimum Gasteiger partial charge on any atom is -0.493 e. The average Bonchev–Trinajstić information content (AvgIpc) is 3.54. The van der Waals surface area contributed by atoms with E-state index in [1.54, 1.807) is 19.5 Å². The third-order valence-electron chi connectivity index (χ3n) is 6.84. The molecule has 174 valence electrons. The van der Waals surface area contributed by atoms with Crippen LogP contribution in [-0.2, 0) is 16.6 Å². The van der Waals surface area contributed by atoms with Crippen LogP contribution in [0, 0.1) is 6.92 Å². The van der Waals surface area contributed by atoms with Crippen molar-refractivity contribution in [3.05, 3.63) is 67.1 Å². The van der Waals surface area contributed by atoms with Gasteiger partial charge in [-0.2, -0.15) is 15.3 Å². The van der Waals surface area contributed by atoms with E-state index >= 15 is 0 Å². The molecule has 0 fully saturated rings. The minimum atomic E-state index is -0.486. The van der Waals surface area contributed by atoms with E-state index in [4.69, 9.17) is 14.9 Å². The summed E-state index contributed by atoms with van der Waals surface area (Å²) in [6.45, 7) is 13.1. The van der Waals surface area contributed by atoms with E-state index in [1.165, 1.54) is 0 Å². The molecule has 4 rings (SSSR count). The highest BCUT2D eigenvalue weighted by atomic mass is 16.5. The molecule has 0 aromatic carbocycles. The Kier molecular flexibility index (Phi) is 5.64. The van der Waals surface area contributed by atoms with Crippen molar-refractivity contribution >= 4 is 0 Å². The molecule has 0 saturated heterocycles. The van der Waals surface area contributed by atoms with Crippen LogP contribution in [0.15, 0.2) is 61.6 Å². The van der Waals surface area contributed by atoms with Gasteiger partial charge in [-0.05, 0) is 65.7 Å². The average molecular weight is 448 g/mol. The van der Waals surface area contributed by atoms with Crippen LogP contribution in [0.3, 0.4) is 0 Å². The van der Waals surface area contributed by atoms with Gasteiger partial charge in [-0.15, -0.1) is 0 Å². The van der Waals surface area contributed by atoms with Gasteiger partial charge in [0.05, 0.1) is 54.2 Å². The molecule has 1 atom stereocenters. The molecule has 0 saturated carbocycles. The summed E-state index contributed by atoms with van der Waals surface area (Å²) in [7, 11) is 1.66. The second-order valence-electron chi connectivity index (χ2n) is 10.00. The second-order valence-corrected chi connectivity index (χ2v) is 10.00. The maximum atomic E-state index is 5.46. The fourth-order valence-corrected chi connectivity index (χ4v) is 4.47. The summed E-state index contributed by atoms with van der Waals surface area (Å²) in [5, 5.41) is 14.1. The summed E-state index contributed by atoms with van der Waals surface area (Å²) in [6, 6.07) is 5.90. The Morgan fingerprint density at radius 2 is 1.58 bits per heavy atom. The van der Waals surface area contributed by atoms with Crippen molar-refractivity contribution in [3.8, 4) is 17.0 Å². The molecule has 4 heterocycles. The molecule has 0 aliphatic rings. The van der Waals surface area contributed by atoms with E-state index in [2.05, 4.69) is 64.0 Å². The van der Waals surface area contributed by atoms with Crippen LogP contribution in [0.4, 0.5) is 0 Å². The zero-order chi connectivity index (χ0) is 23.9. The molecular formula is C25H33N7O. The molecule has 0 spiro atoms. The number of hydrogen-bond donors (Lipinski definition) is 0. The molecule has 0 amide bonds. The zero-order valence-electron chi connectivity index (χ0n) is 20.5. The van der Waals surface area contributed by atoms with Gasteiger partial charge >= 0.3 is 0 Å². The first-order chi connectivity index (χ1) is 15.6. The quantitative estimate of drug-likeness (QED) is 0.394. The van der Waals surface area contributed by atoms with Gasteiger partial charge in [-0.25, -0.2) is 0 Å². The van der Waals surface area contributed by atoms with E-state index in [0.29, 0.717) is 0 Å². The Balaban J connectivity index is 1.79. The molecule has 1 unspecified atom stereocenters. The summed E-state index contributed by atoms with van der Waals surface area (Å²) in [5.74, 6) is 0.722. The third-order valence-corrected chi connectivity index (χ3v) is 6.84. The Labute approximate surface area is 195 Å². The summed E-state index contributed by atoms with van der Waals surface area (Å²) in [4.78, 5) is 4.48. The first kappa shape index (κ1) is 22.8. The number of nitrogens with zero attached hydrogens (tertiary/aromatic N) is 7. The fraction of sp³-hybridized carbons (Fsp3) is 0.440. The number of pyridine rings is 1. The van der Waals surface area contributed by atoms with Crippen molar-refractivity contribution in [3.63, 3.8) is 0 Å². The van der Waals surface area contributed by atoms with Crippen LogP contribution in [0.25, 0.3) is 11.3 Å². The monoisotopic (exact) mass is 447 g/mol. The second kappa shape index (κ2) is 8.17. The first-order valence-electron chi connectivity index (χ1n) is 11.1. The number of aromatic nitrogens is 7. The summed E-state index contributed by atoms with van der Waals surface area (Å²) < 4.78 is 11.5. The van der Waals surface area contributed by atoms with E-state index < -0.39 is 11.1 Å². The topological polar surface area (TPSA) is 75.6 Å². The van der Waals surface area contributed by atoms with E-state index in [9.17, 15) is 0 Å². The van der Waals surface area contributed by atoms with Crippen molar-refractivity contribution in [2.45, 2.75) is 64.6 Å². The Hall–Kier alpha value is -3.42. The lowest BCUT2D eigenvalue weighted by molar-refractivity contribution is 0.0327. The molecule has 0 aliphatic heterocycles. The van der Waals surface area contributed by atoms with Crippen molar-refractivity contribution in [2.24, 2.45) is 0 Å². The largest absolute Gasteiger partial charge is 0.493 e. The predicted octanol–water partition coefficient (Wildman–Crippen LogP) is 4.63. The molecule has 33 heavy (non-hydrogen) atoms. The number of hydrogen-bond acceptors (Lipinski definition) is 5. The van der Waals surface area contributed by atoms with Gasteiger partial charge in [0.25, 0.3) is 0 Å². The predicted molar refractivity (Wildman–Crippen MR) is 128 cm³/mol. The molecule has 0 N–H and O–H groups in total. The van der Waals surface area contributed by atoms with Gasteiger partial charge in [0.1, 0.15) is 0 Å². The molecule has 8 nitrogen and oxygen atoms in total. The zero-order valence-corrected chi connectivity index (χ0v) is 20.5. The molecular weight excluding hydrogens is 414 g/mol. The third kappa shape index (κ3) is 4.05.